The van der Waals surface area contributed by atoms with Crippen molar-refractivity contribution in [1.29, 1.82) is 5.26 Å². The zero-order chi connectivity index (χ0) is 12.8. The van der Waals surface area contributed by atoms with Gasteiger partial charge in [-0.1, -0.05) is 20.3 Å². The molecule has 0 bridgehead atoms. The zero-order valence-corrected chi connectivity index (χ0v) is 11.1. The molecule has 92 valence electrons. The number of nitrogens with zero attached hydrogens (tertiary/aromatic N) is 2. The maximum atomic E-state index is 9.09. The van der Waals surface area contributed by atoms with Crippen molar-refractivity contribution in [3.8, 4) is 11.9 Å². The Labute approximate surface area is 103 Å². The summed E-state index contributed by atoms with van der Waals surface area (Å²) in [6, 6.07) is 4.06. The first kappa shape index (κ1) is 13.5. The molecular formula is C14H20N2O. The fraction of sp³-hybridized carbons (Fsp3) is 0.571. The zero-order valence-electron chi connectivity index (χ0n) is 11.1. The van der Waals surface area contributed by atoms with E-state index in [9.17, 15) is 0 Å². The number of pyridine rings is 1. The molecule has 1 aromatic heterocycles. The maximum Gasteiger partial charge on any atom is 0.232 e. The number of nitriles is 1. The summed E-state index contributed by atoms with van der Waals surface area (Å²) in [5.74, 6) is 0.974. The second-order valence-electron chi connectivity index (χ2n) is 4.58. The first-order valence-corrected chi connectivity index (χ1v) is 6.09. The Morgan fingerprint density at radius 3 is 2.76 bits per heavy atom. The van der Waals surface area contributed by atoms with Crippen molar-refractivity contribution in [2.75, 3.05) is 6.61 Å². The van der Waals surface area contributed by atoms with Crippen molar-refractivity contribution in [2.24, 2.45) is 5.92 Å². The summed E-state index contributed by atoms with van der Waals surface area (Å²) in [4.78, 5) is 4.29. The molecular weight excluding hydrogens is 212 g/mol. The van der Waals surface area contributed by atoms with Gasteiger partial charge in [-0.25, -0.2) is 4.98 Å². The Balaban J connectivity index is 2.80. The Kier molecular flexibility index (Phi) is 4.96. The Morgan fingerprint density at radius 1 is 1.47 bits per heavy atom. The van der Waals surface area contributed by atoms with Gasteiger partial charge in [-0.3, -0.25) is 0 Å². The van der Waals surface area contributed by atoms with Gasteiger partial charge in [0.1, 0.15) is 11.6 Å². The van der Waals surface area contributed by atoms with Gasteiger partial charge in [0.2, 0.25) is 5.88 Å². The van der Waals surface area contributed by atoms with Gasteiger partial charge in [0.05, 0.1) is 6.61 Å². The third kappa shape index (κ3) is 3.74. The van der Waals surface area contributed by atoms with E-state index in [-0.39, 0.29) is 0 Å². The highest BCUT2D eigenvalue weighted by molar-refractivity contribution is 5.45. The van der Waals surface area contributed by atoms with Crippen LogP contribution in [0.2, 0.25) is 0 Å². The summed E-state index contributed by atoms with van der Waals surface area (Å²) in [7, 11) is 0. The van der Waals surface area contributed by atoms with Gasteiger partial charge < -0.3 is 4.74 Å². The molecule has 0 aliphatic carbocycles. The minimum atomic E-state index is 0.480. The summed E-state index contributed by atoms with van der Waals surface area (Å²) >= 11 is 0. The second kappa shape index (κ2) is 6.24. The Hall–Kier alpha value is -1.56. The Bertz CT molecular complexity index is 421. The van der Waals surface area contributed by atoms with Crippen molar-refractivity contribution in [3.05, 3.63) is 22.9 Å². The molecule has 0 saturated heterocycles. The minimum absolute atomic E-state index is 0.480. The van der Waals surface area contributed by atoms with E-state index in [1.807, 2.05) is 19.9 Å². The first-order valence-electron chi connectivity index (χ1n) is 6.09. The monoisotopic (exact) mass is 232 g/mol. The number of ether oxygens (including phenoxy) is 1. The topological polar surface area (TPSA) is 45.9 Å². The van der Waals surface area contributed by atoms with Gasteiger partial charge in [0.25, 0.3) is 0 Å². The molecule has 0 radical (unpaired) electrons. The van der Waals surface area contributed by atoms with Gasteiger partial charge in [-0.2, -0.15) is 5.26 Å². The van der Waals surface area contributed by atoms with E-state index in [1.54, 1.807) is 0 Å². The molecule has 0 N–H and O–H groups in total. The summed E-state index contributed by atoms with van der Waals surface area (Å²) in [5, 5.41) is 9.09. The van der Waals surface area contributed by atoms with Crippen LogP contribution in [0.1, 0.15) is 43.5 Å². The van der Waals surface area contributed by atoms with E-state index in [2.05, 4.69) is 24.9 Å². The van der Waals surface area contributed by atoms with Crippen LogP contribution in [-0.4, -0.2) is 11.6 Å². The summed E-state index contributed by atoms with van der Waals surface area (Å²) in [5.41, 5.74) is 2.37. The molecule has 0 aliphatic rings. The van der Waals surface area contributed by atoms with Gasteiger partial charge in [-0.05, 0) is 37.8 Å². The lowest BCUT2D eigenvalue weighted by Crippen LogP contribution is -2.10. The third-order valence-electron chi connectivity index (χ3n) is 2.71. The minimum Gasteiger partial charge on any atom is -0.476 e. The highest BCUT2D eigenvalue weighted by atomic mass is 16.5. The average Bonchev–Trinajstić information content (AvgIpc) is 2.26. The summed E-state index contributed by atoms with van der Waals surface area (Å²) in [6.45, 7) is 8.76. The number of hydrogen-bond acceptors (Lipinski definition) is 3. The lowest BCUT2D eigenvalue weighted by molar-refractivity contribution is 0.242. The molecule has 0 aromatic carbocycles. The lowest BCUT2D eigenvalue weighted by Gasteiger charge is -2.13. The summed E-state index contributed by atoms with van der Waals surface area (Å²) in [6.07, 6.45) is 2.28. The predicted molar refractivity (Wildman–Crippen MR) is 68.0 cm³/mol. The number of hydrogen-bond donors (Lipinski definition) is 0. The van der Waals surface area contributed by atoms with E-state index in [0.717, 1.165) is 24.1 Å². The molecule has 3 heteroatoms. The number of aromatic nitrogens is 1. The molecule has 17 heavy (non-hydrogen) atoms. The first-order chi connectivity index (χ1) is 8.08. The quantitative estimate of drug-likeness (QED) is 0.781. The van der Waals surface area contributed by atoms with Gasteiger partial charge in [0.15, 0.2) is 0 Å². The molecule has 1 unspecified atom stereocenters. The average molecular weight is 232 g/mol. The Morgan fingerprint density at radius 2 is 2.18 bits per heavy atom. The van der Waals surface area contributed by atoms with Gasteiger partial charge >= 0.3 is 0 Å². The van der Waals surface area contributed by atoms with Crippen LogP contribution in [0, 0.1) is 31.1 Å². The number of rotatable bonds is 5. The van der Waals surface area contributed by atoms with E-state index >= 15 is 0 Å². The maximum absolute atomic E-state index is 9.09. The molecule has 0 fully saturated rings. The molecule has 1 aromatic rings. The molecule has 1 rings (SSSR count). The van der Waals surface area contributed by atoms with Crippen LogP contribution >= 0.6 is 0 Å². The molecule has 3 nitrogen and oxygen atoms in total. The van der Waals surface area contributed by atoms with E-state index in [4.69, 9.17) is 10.00 Å². The molecule has 1 heterocycles. The fourth-order valence-electron chi connectivity index (χ4n) is 1.84. The number of aryl methyl sites for hydroxylation is 2. The van der Waals surface area contributed by atoms with Crippen molar-refractivity contribution >= 4 is 0 Å². The standard InChI is InChI=1S/C14H20N2O/c1-5-6-10(2)9-17-14-13(8-15)11(3)7-12(4)16-14/h7,10H,5-6,9H2,1-4H3. The van der Waals surface area contributed by atoms with Gasteiger partial charge in [-0.15, -0.1) is 0 Å². The van der Waals surface area contributed by atoms with Crippen molar-refractivity contribution in [1.82, 2.24) is 4.98 Å². The van der Waals surface area contributed by atoms with Crippen LogP contribution < -0.4 is 4.74 Å². The third-order valence-corrected chi connectivity index (χ3v) is 2.71. The lowest BCUT2D eigenvalue weighted by atomic mass is 10.1. The van der Waals surface area contributed by atoms with Crippen molar-refractivity contribution in [2.45, 2.75) is 40.5 Å². The molecule has 0 spiro atoms. The largest absolute Gasteiger partial charge is 0.476 e. The van der Waals surface area contributed by atoms with Crippen LogP contribution in [0.5, 0.6) is 5.88 Å². The van der Waals surface area contributed by atoms with Crippen LogP contribution in [0.15, 0.2) is 6.07 Å². The van der Waals surface area contributed by atoms with Gasteiger partial charge in [0, 0.05) is 5.69 Å². The highest BCUT2D eigenvalue weighted by Gasteiger charge is 2.11. The van der Waals surface area contributed by atoms with Crippen LogP contribution in [0.3, 0.4) is 0 Å². The molecule has 0 aliphatic heterocycles. The van der Waals surface area contributed by atoms with Crippen LogP contribution in [-0.2, 0) is 0 Å². The van der Waals surface area contributed by atoms with Crippen LogP contribution in [0.25, 0.3) is 0 Å². The normalized spacial score (nSPS) is 11.9. The molecule has 0 saturated carbocycles. The second-order valence-corrected chi connectivity index (χ2v) is 4.58. The fourth-order valence-corrected chi connectivity index (χ4v) is 1.84. The highest BCUT2D eigenvalue weighted by Crippen LogP contribution is 2.20. The molecule has 0 amide bonds. The van der Waals surface area contributed by atoms with E-state index < -0.39 is 0 Å². The SMILES string of the molecule is CCCC(C)COc1nc(C)cc(C)c1C#N. The van der Waals surface area contributed by atoms with E-state index in [0.29, 0.717) is 24.0 Å². The molecule has 1 atom stereocenters. The van der Waals surface area contributed by atoms with Crippen molar-refractivity contribution in [3.63, 3.8) is 0 Å². The van der Waals surface area contributed by atoms with E-state index in [1.165, 1.54) is 0 Å². The predicted octanol–water partition coefficient (Wildman–Crippen LogP) is 3.39. The van der Waals surface area contributed by atoms with Crippen LogP contribution in [0.4, 0.5) is 0 Å². The van der Waals surface area contributed by atoms with Crippen molar-refractivity contribution < 1.29 is 4.74 Å². The summed E-state index contributed by atoms with van der Waals surface area (Å²) < 4.78 is 5.67. The smallest absolute Gasteiger partial charge is 0.232 e.